The predicted octanol–water partition coefficient (Wildman–Crippen LogP) is 4.92. The minimum Gasteiger partial charge on any atom is -0.324 e. The maximum absolute atomic E-state index is 12.9. The molecule has 2 aromatic carbocycles. The highest BCUT2D eigenvalue weighted by Gasteiger charge is 2.10. The van der Waals surface area contributed by atoms with Crippen LogP contribution in [0.5, 0.6) is 0 Å². The Balaban J connectivity index is 1.75. The zero-order chi connectivity index (χ0) is 17.8. The third-order valence-corrected chi connectivity index (χ3v) is 3.91. The average Bonchev–Trinajstić information content (AvgIpc) is 2.60. The van der Waals surface area contributed by atoms with Gasteiger partial charge >= 0.3 is 0 Å². The summed E-state index contributed by atoms with van der Waals surface area (Å²) in [5.74, 6) is -0.593. The first-order valence-corrected chi connectivity index (χ1v) is 7.89. The van der Waals surface area contributed by atoms with Crippen molar-refractivity contribution in [2.45, 2.75) is 0 Å². The maximum atomic E-state index is 12.9. The summed E-state index contributed by atoms with van der Waals surface area (Å²) in [5.41, 5.74) is 1.25. The molecule has 25 heavy (non-hydrogen) atoms. The molecule has 0 aliphatic rings. The van der Waals surface area contributed by atoms with Gasteiger partial charge in [-0.15, -0.1) is 0 Å². The van der Waals surface area contributed by atoms with Crippen LogP contribution in [0.3, 0.4) is 0 Å². The van der Waals surface area contributed by atoms with E-state index in [0.29, 0.717) is 21.4 Å². The van der Waals surface area contributed by atoms with E-state index < -0.39 is 5.91 Å². The second kappa shape index (κ2) is 7.46. The first-order chi connectivity index (χ1) is 12.0. The van der Waals surface area contributed by atoms with Gasteiger partial charge in [0, 0.05) is 17.6 Å². The van der Waals surface area contributed by atoms with Crippen LogP contribution in [0.2, 0.25) is 10.0 Å². The van der Waals surface area contributed by atoms with Crippen LogP contribution < -0.4 is 10.6 Å². The summed E-state index contributed by atoms with van der Waals surface area (Å²) in [6, 6.07) is 11.9. The summed E-state index contributed by atoms with van der Waals surface area (Å²) in [6.07, 6.45) is 1.45. The zero-order valence-corrected chi connectivity index (χ0v) is 14.1. The molecule has 0 bridgehead atoms. The molecule has 0 aliphatic heterocycles. The van der Waals surface area contributed by atoms with E-state index in [1.54, 1.807) is 18.2 Å². The molecule has 8 heteroatoms. The highest BCUT2D eigenvalue weighted by atomic mass is 35.5. The van der Waals surface area contributed by atoms with Crippen molar-refractivity contribution in [3.8, 4) is 0 Å². The molecule has 0 fully saturated rings. The molecule has 3 aromatic rings. The van der Waals surface area contributed by atoms with Gasteiger partial charge in [-0.2, -0.15) is 0 Å². The van der Waals surface area contributed by atoms with E-state index in [0.717, 1.165) is 0 Å². The number of rotatable bonds is 4. The quantitative estimate of drug-likeness (QED) is 0.678. The van der Waals surface area contributed by atoms with Crippen molar-refractivity contribution in [1.82, 2.24) is 9.97 Å². The molecule has 0 atom stereocenters. The number of nitrogens with zero attached hydrogens (tertiary/aromatic N) is 2. The first-order valence-electron chi connectivity index (χ1n) is 7.13. The zero-order valence-electron chi connectivity index (χ0n) is 12.6. The van der Waals surface area contributed by atoms with E-state index in [9.17, 15) is 9.18 Å². The Bertz CT molecular complexity index is 919. The highest BCUT2D eigenvalue weighted by molar-refractivity contribution is 6.42. The van der Waals surface area contributed by atoms with Crippen molar-refractivity contribution in [1.29, 1.82) is 0 Å². The van der Waals surface area contributed by atoms with Crippen molar-refractivity contribution in [3.05, 3.63) is 76.3 Å². The number of halogens is 3. The van der Waals surface area contributed by atoms with Gasteiger partial charge in [0.25, 0.3) is 5.91 Å². The van der Waals surface area contributed by atoms with Gasteiger partial charge in [-0.3, -0.25) is 4.79 Å². The van der Waals surface area contributed by atoms with Crippen LogP contribution in [0, 0.1) is 5.82 Å². The van der Waals surface area contributed by atoms with E-state index in [-0.39, 0.29) is 17.5 Å². The van der Waals surface area contributed by atoms with Gasteiger partial charge in [-0.05, 0) is 48.5 Å². The topological polar surface area (TPSA) is 66.9 Å². The first kappa shape index (κ1) is 17.1. The smallest absolute Gasteiger partial charge is 0.274 e. The Labute approximate surface area is 152 Å². The number of benzene rings is 2. The molecule has 3 rings (SSSR count). The van der Waals surface area contributed by atoms with Gasteiger partial charge in [0.05, 0.1) is 10.0 Å². The van der Waals surface area contributed by atoms with Gasteiger partial charge in [-0.1, -0.05) is 23.2 Å². The van der Waals surface area contributed by atoms with E-state index in [4.69, 9.17) is 23.2 Å². The SMILES string of the molecule is O=C(Nc1ccc(F)cc1)c1ccnc(Nc2ccc(Cl)c(Cl)c2)n1. The van der Waals surface area contributed by atoms with Gasteiger partial charge < -0.3 is 10.6 Å². The normalized spacial score (nSPS) is 10.4. The number of carbonyl (C=O) groups excluding carboxylic acids is 1. The highest BCUT2D eigenvalue weighted by Crippen LogP contribution is 2.26. The van der Waals surface area contributed by atoms with Crippen molar-refractivity contribution in [2.75, 3.05) is 10.6 Å². The summed E-state index contributed by atoms with van der Waals surface area (Å²) in [5, 5.41) is 6.39. The second-order valence-electron chi connectivity index (χ2n) is 4.98. The lowest BCUT2D eigenvalue weighted by Crippen LogP contribution is -2.14. The Morgan fingerprint density at radius 3 is 2.40 bits per heavy atom. The van der Waals surface area contributed by atoms with Crippen molar-refractivity contribution < 1.29 is 9.18 Å². The Kier molecular flexibility index (Phi) is 5.11. The lowest BCUT2D eigenvalue weighted by atomic mass is 10.3. The van der Waals surface area contributed by atoms with Gasteiger partial charge in [0.15, 0.2) is 0 Å². The summed E-state index contributed by atoms with van der Waals surface area (Å²) >= 11 is 11.8. The molecule has 2 N–H and O–H groups in total. The standard InChI is InChI=1S/C17H11Cl2FN4O/c18-13-6-5-12(9-14(13)19)23-17-21-8-7-15(24-17)16(25)22-11-3-1-10(20)2-4-11/h1-9H,(H,22,25)(H,21,23,24). The van der Waals surface area contributed by atoms with E-state index in [2.05, 4.69) is 20.6 Å². The molecule has 1 heterocycles. The molecule has 1 amide bonds. The molecule has 5 nitrogen and oxygen atoms in total. The molecule has 0 aliphatic carbocycles. The summed E-state index contributed by atoms with van der Waals surface area (Å²) in [7, 11) is 0. The Morgan fingerprint density at radius 1 is 0.960 bits per heavy atom. The summed E-state index contributed by atoms with van der Waals surface area (Å²) in [6.45, 7) is 0. The molecule has 0 radical (unpaired) electrons. The average molecular weight is 377 g/mol. The van der Waals surface area contributed by atoms with Gasteiger partial charge in [0.2, 0.25) is 5.95 Å². The van der Waals surface area contributed by atoms with E-state index >= 15 is 0 Å². The predicted molar refractivity (Wildman–Crippen MR) is 96.1 cm³/mol. The maximum Gasteiger partial charge on any atom is 0.274 e. The molecule has 0 unspecified atom stereocenters. The van der Waals surface area contributed by atoms with Crippen molar-refractivity contribution in [3.63, 3.8) is 0 Å². The molecule has 126 valence electrons. The van der Waals surface area contributed by atoms with Gasteiger partial charge in [0.1, 0.15) is 11.5 Å². The molecule has 0 saturated heterocycles. The second-order valence-corrected chi connectivity index (χ2v) is 5.79. The lowest BCUT2D eigenvalue weighted by molar-refractivity contribution is 0.102. The number of hydrogen-bond acceptors (Lipinski definition) is 4. The molecule has 0 saturated carbocycles. The fourth-order valence-corrected chi connectivity index (χ4v) is 2.27. The van der Waals surface area contributed by atoms with Crippen molar-refractivity contribution in [2.24, 2.45) is 0 Å². The van der Waals surface area contributed by atoms with Crippen LogP contribution in [-0.4, -0.2) is 15.9 Å². The molecular weight excluding hydrogens is 366 g/mol. The number of anilines is 3. The van der Waals surface area contributed by atoms with Crippen LogP contribution >= 0.6 is 23.2 Å². The van der Waals surface area contributed by atoms with Crippen molar-refractivity contribution >= 4 is 46.4 Å². The monoisotopic (exact) mass is 376 g/mol. The Hall–Kier alpha value is -2.70. The minimum absolute atomic E-state index is 0.155. The summed E-state index contributed by atoms with van der Waals surface area (Å²) < 4.78 is 12.9. The third kappa shape index (κ3) is 4.43. The number of hydrogen-bond donors (Lipinski definition) is 2. The Morgan fingerprint density at radius 2 is 1.68 bits per heavy atom. The van der Waals surface area contributed by atoms with Crippen LogP contribution in [0.4, 0.5) is 21.7 Å². The lowest BCUT2D eigenvalue weighted by Gasteiger charge is -2.08. The largest absolute Gasteiger partial charge is 0.324 e. The third-order valence-electron chi connectivity index (χ3n) is 3.17. The van der Waals surface area contributed by atoms with E-state index in [1.165, 1.54) is 36.5 Å². The number of amides is 1. The molecule has 1 aromatic heterocycles. The fraction of sp³-hybridized carbons (Fsp3) is 0. The van der Waals surface area contributed by atoms with Crippen LogP contribution in [0.25, 0.3) is 0 Å². The van der Waals surface area contributed by atoms with Crippen LogP contribution in [-0.2, 0) is 0 Å². The van der Waals surface area contributed by atoms with E-state index in [1.807, 2.05) is 0 Å². The van der Waals surface area contributed by atoms with Crippen LogP contribution in [0.1, 0.15) is 10.5 Å². The fourth-order valence-electron chi connectivity index (χ4n) is 1.98. The number of carbonyl (C=O) groups is 1. The minimum atomic E-state index is -0.439. The van der Waals surface area contributed by atoms with Gasteiger partial charge in [-0.25, -0.2) is 14.4 Å². The van der Waals surface area contributed by atoms with Crippen LogP contribution in [0.15, 0.2) is 54.7 Å². The number of aromatic nitrogens is 2. The number of nitrogens with one attached hydrogen (secondary N) is 2. The summed E-state index contributed by atoms with van der Waals surface area (Å²) in [4.78, 5) is 20.5. The molecule has 0 spiro atoms. The molecular formula is C17H11Cl2FN4O.